The number of carbonyl (C=O) groups is 1. The predicted molar refractivity (Wildman–Crippen MR) is 47.4 cm³/mol. The van der Waals surface area contributed by atoms with E-state index >= 15 is 0 Å². The normalized spacial score (nSPS) is 12.6. The second kappa shape index (κ2) is 6.20. The average Bonchev–Trinajstić information content (AvgIpc) is 2.03. The molecule has 0 saturated carbocycles. The summed E-state index contributed by atoms with van der Waals surface area (Å²) in [6, 6.07) is 0.402. The van der Waals surface area contributed by atoms with Crippen LogP contribution in [0, 0.1) is 0 Å². The molecule has 0 aliphatic heterocycles. The zero-order valence-corrected chi connectivity index (χ0v) is 7.84. The maximum Gasteiger partial charge on any atom is 0.209 e. The van der Waals surface area contributed by atoms with Gasteiger partial charge in [0.25, 0.3) is 0 Å². The van der Waals surface area contributed by atoms with Crippen molar-refractivity contribution in [3.05, 3.63) is 0 Å². The van der Waals surface area contributed by atoms with Gasteiger partial charge in [-0.2, -0.15) is 0 Å². The number of rotatable bonds is 6. The van der Waals surface area contributed by atoms with Crippen molar-refractivity contribution in [1.29, 1.82) is 0 Å². The standard InChI is InChI=1S/C9H19NO/c1-4-5-6-7-9(2)10(3)8-11/h8-9H,4-7H2,1-3H3/t9-/m1/s1. The van der Waals surface area contributed by atoms with Gasteiger partial charge < -0.3 is 4.90 Å². The molecule has 0 aromatic carbocycles. The molecular weight excluding hydrogens is 138 g/mol. The summed E-state index contributed by atoms with van der Waals surface area (Å²) < 4.78 is 0. The van der Waals surface area contributed by atoms with E-state index in [4.69, 9.17) is 0 Å². The molecule has 0 N–H and O–H groups in total. The summed E-state index contributed by atoms with van der Waals surface area (Å²) in [4.78, 5) is 12.0. The molecule has 0 rings (SSSR count). The minimum Gasteiger partial charge on any atom is -0.346 e. The van der Waals surface area contributed by atoms with Crippen LogP contribution in [0.3, 0.4) is 0 Å². The lowest BCUT2D eigenvalue weighted by atomic mass is 10.1. The van der Waals surface area contributed by atoms with Gasteiger partial charge >= 0.3 is 0 Å². The first kappa shape index (κ1) is 10.5. The van der Waals surface area contributed by atoms with Gasteiger partial charge in [0.05, 0.1) is 0 Å². The van der Waals surface area contributed by atoms with Crippen molar-refractivity contribution in [2.24, 2.45) is 0 Å². The van der Waals surface area contributed by atoms with E-state index in [9.17, 15) is 4.79 Å². The first-order chi connectivity index (χ1) is 5.22. The van der Waals surface area contributed by atoms with Gasteiger partial charge in [-0.05, 0) is 13.3 Å². The van der Waals surface area contributed by atoms with E-state index in [0.29, 0.717) is 6.04 Å². The molecule has 0 unspecified atom stereocenters. The van der Waals surface area contributed by atoms with Crippen LogP contribution in [0.1, 0.15) is 39.5 Å². The average molecular weight is 157 g/mol. The van der Waals surface area contributed by atoms with Crippen molar-refractivity contribution in [3.63, 3.8) is 0 Å². The molecule has 11 heavy (non-hydrogen) atoms. The Bertz CT molecular complexity index is 104. The van der Waals surface area contributed by atoms with Gasteiger partial charge in [-0.15, -0.1) is 0 Å². The lowest BCUT2D eigenvalue weighted by molar-refractivity contribution is -0.118. The highest BCUT2D eigenvalue weighted by Crippen LogP contribution is 2.06. The molecule has 0 fully saturated rings. The van der Waals surface area contributed by atoms with Crippen LogP contribution < -0.4 is 0 Å². The summed E-state index contributed by atoms with van der Waals surface area (Å²) in [5.74, 6) is 0. The van der Waals surface area contributed by atoms with Gasteiger partial charge in [0.15, 0.2) is 0 Å². The van der Waals surface area contributed by atoms with E-state index in [1.165, 1.54) is 19.3 Å². The van der Waals surface area contributed by atoms with E-state index in [2.05, 4.69) is 13.8 Å². The number of unbranched alkanes of at least 4 members (excludes halogenated alkanes) is 2. The number of nitrogens with zero attached hydrogens (tertiary/aromatic N) is 1. The third kappa shape index (κ3) is 4.82. The molecule has 0 radical (unpaired) electrons. The molecule has 2 heteroatoms. The van der Waals surface area contributed by atoms with Crippen LogP contribution in [0.5, 0.6) is 0 Å². The summed E-state index contributed by atoms with van der Waals surface area (Å²) in [6.07, 6.45) is 5.78. The van der Waals surface area contributed by atoms with Gasteiger partial charge in [-0.25, -0.2) is 0 Å². The summed E-state index contributed by atoms with van der Waals surface area (Å²) in [5, 5.41) is 0. The smallest absolute Gasteiger partial charge is 0.209 e. The number of hydrogen-bond acceptors (Lipinski definition) is 1. The summed E-state index contributed by atoms with van der Waals surface area (Å²) in [6.45, 7) is 4.28. The molecule has 0 bridgehead atoms. The largest absolute Gasteiger partial charge is 0.346 e. The molecule has 0 aromatic heterocycles. The molecule has 0 aromatic rings. The van der Waals surface area contributed by atoms with Gasteiger partial charge in [0, 0.05) is 13.1 Å². The summed E-state index contributed by atoms with van der Waals surface area (Å²) >= 11 is 0. The topological polar surface area (TPSA) is 20.3 Å². The fraction of sp³-hybridized carbons (Fsp3) is 0.889. The molecular formula is C9H19NO. The van der Waals surface area contributed by atoms with Gasteiger partial charge in [-0.1, -0.05) is 26.2 Å². The van der Waals surface area contributed by atoms with Crippen molar-refractivity contribution in [2.45, 2.75) is 45.6 Å². The van der Waals surface area contributed by atoms with E-state index in [-0.39, 0.29) is 0 Å². The second-order valence-corrected chi connectivity index (χ2v) is 3.12. The van der Waals surface area contributed by atoms with Gasteiger partial charge in [-0.3, -0.25) is 4.79 Å². The van der Waals surface area contributed by atoms with Crippen LogP contribution in [0.15, 0.2) is 0 Å². The monoisotopic (exact) mass is 157 g/mol. The maximum absolute atomic E-state index is 10.3. The Kier molecular flexibility index (Phi) is 5.90. The Morgan fingerprint density at radius 1 is 1.45 bits per heavy atom. The molecule has 1 amide bonds. The third-order valence-electron chi connectivity index (χ3n) is 2.09. The van der Waals surface area contributed by atoms with Crippen LogP contribution in [0.25, 0.3) is 0 Å². The SMILES string of the molecule is CCCCC[C@@H](C)N(C)C=O. The number of carbonyl (C=O) groups excluding carboxylic acids is 1. The van der Waals surface area contributed by atoms with Crippen LogP contribution in [-0.4, -0.2) is 24.4 Å². The summed E-state index contributed by atoms with van der Waals surface area (Å²) in [7, 11) is 1.84. The minimum absolute atomic E-state index is 0.402. The van der Waals surface area contributed by atoms with Crippen LogP contribution in [0.2, 0.25) is 0 Å². The molecule has 0 aliphatic carbocycles. The molecule has 2 nitrogen and oxygen atoms in total. The van der Waals surface area contributed by atoms with Crippen LogP contribution in [-0.2, 0) is 4.79 Å². The third-order valence-corrected chi connectivity index (χ3v) is 2.09. The highest BCUT2D eigenvalue weighted by atomic mass is 16.1. The Morgan fingerprint density at radius 2 is 2.09 bits per heavy atom. The van der Waals surface area contributed by atoms with Crippen LogP contribution in [0.4, 0.5) is 0 Å². The first-order valence-corrected chi connectivity index (χ1v) is 4.39. The first-order valence-electron chi connectivity index (χ1n) is 4.39. The summed E-state index contributed by atoms with van der Waals surface area (Å²) in [5.41, 5.74) is 0. The van der Waals surface area contributed by atoms with E-state index in [0.717, 1.165) is 12.8 Å². The Balaban J connectivity index is 3.35. The fourth-order valence-corrected chi connectivity index (χ4v) is 0.997. The predicted octanol–water partition coefficient (Wildman–Crippen LogP) is 2.04. The maximum atomic E-state index is 10.3. The number of amides is 1. The van der Waals surface area contributed by atoms with Crippen LogP contribution >= 0.6 is 0 Å². The number of hydrogen-bond donors (Lipinski definition) is 0. The highest BCUT2D eigenvalue weighted by molar-refractivity contribution is 5.46. The van der Waals surface area contributed by atoms with E-state index in [1.807, 2.05) is 7.05 Å². The molecule has 0 heterocycles. The Labute approximate surface area is 69.6 Å². The fourth-order valence-electron chi connectivity index (χ4n) is 0.997. The second-order valence-electron chi connectivity index (χ2n) is 3.12. The van der Waals surface area contributed by atoms with E-state index < -0.39 is 0 Å². The van der Waals surface area contributed by atoms with Crippen molar-refractivity contribution < 1.29 is 4.79 Å². The van der Waals surface area contributed by atoms with Crippen molar-refractivity contribution in [1.82, 2.24) is 4.90 Å². The Hall–Kier alpha value is -0.530. The zero-order chi connectivity index (χ0) is 8.69. The lowest BCUT2D eigenvalue weighted by Gasteiger charge is -2.19. The minimum atomic E-state index is 0.402. The van der Waals surface area contributed by atoms with Crippen molar-refractivity contribution >= 4 is 6.41 Å². The molecule has 0 aliphatic rings. The Morgan fingerprint density at radius 3 is 2.55 bits per heavy atom. The van der Waals surface area contributed by atoms with Crippen molar-refractivity contribution in [2.75, 3.05) is 7.05 Å². The molecule has 0 saturated heterocycles. The van der Waals surface area contributed by atoms with Crippen molar-refractivity contribution in [3.8, 4) is 0 Å². The quantitative estimate of drug-likeness (QED) is 0.427. The highest BCUT2D eigenvalue weighted by Gasteiger charge is 2.04. The molecule has 66 valence electrons. The van der Waals surface area contributed by atoms with E-state index in [1.54, 1.807) is 4.90 Å². The zero-order valence-electron chi connectivity index (χ0n) is 7.84. The van der Waals surface area contributed by atoms with Gasteiger partial charge in [0.1, 0.15) is 0 Å². The lowest BCUT2D eigenvalue weighted by Crippen LogP contribution is -2.27. The molecule has 1 atom stereocenters. The van der Waals surface area contributed by atoms with Gasteiger partial charge in [0.2, 0.25) is 6.41 Å². The molecule has 0 spiro atoms.